The Balaban J connectivity index is 2.04. The molecule has 1 atom stereocenters. The van der Waals surface area contributed by atoms with Crippen LogP contribution in [0.25, 0.3) is 11.0 Å². The second-order valence-corrected chi connectivity index (χ2v) is 5.34. The fraction of sp³-hybridized carbons (Fsp3) is 0.250. The van der Waals surface area contributed by atoms with Gasteiger partial charge in [-0.1, -0.05) is 12.1 Å². The van der Waals surface area contributed by atoms with Crippen LogP contribution >= 0.6 is 0 Å². The molecule has 3 rings (SSSR count). The van der Waals surface area contributed by atoms with Gasteiger partial charge in [0.1, 0.15) is 0 Å². The Hall–Kier alpha value is -1.86. The second kappa shape index (κ2) is 4.67. The smallest absolute Gasteiger partial charge is 0.209 e. The molecule has 0 saturated carbocycles. The maximum Gasteiger partial charge on any atom is 0.209 e. The number of para-hydroxylation sites is 2. The van der Waals surface area contributed by atoms with Crippen molar-refractivity contribution in [1.82, 2.24) is 14.9 Å². The summed E-state index contributed by atoms with van der Waals surface area (Å²) >= 11 is -2.04. The second-order valence-electron chi connectivity index (χ2n) is 4.43. The lowest BCUT2D eigenvalue weighted by atomic mass is 10.3. The highest BCUT2D eigenvalue weighted by molar-refractivity contribution is 7.83. The summed E-state index contributed by atoms with van der Waals surface area (Å²) in [7, 11) is 1.88. The molecule has 2 N–H and O–H groups in total. The Morgan fingerprint density at radius 1 is 1.37 bits per heavy atom. The molecule has 0 bridgehead atoms. The quantitative estimate of drug-likeness (QED) is 0.811. The minimum atomic E-state index is -2.04. The van der Waals surface area contributed by atoms with E-state index in [4.69, 9.17) is 0 Å². The number of H-pyrrole nitrogens is 1. The SMILES string of the molecule is CN1C=C(S(=O)O)N(c2nc3ccccc3[nH]2)CC1. The molecule has 1 aromatic carbocycles. The zero-order valence-electron chi connectivity index (χ0n) is 10.4. The van der Waals surface area contributed by atoms with E-state index in [1.54, 1.807) is 11.1 Å². The number of imidazole rings is 1. The first-order valence-corrected chi connectivity index (χ1v) is 7.01. The number of nitrogens with one attached hydrogen (secondary N) is 1. The largest absolute Gasteiger partial charge is 0.376 e. The van der Waals surface area contributed by atoms with Crippen molar-refractivity contribution in [1.29, 1.82) is 0 Å². The molecule has 1 unspecified atom stereocenters. The topological polar surface area (TPSA) is 72.5 Å². The van der Waals surface area contributed by atoms with Crippen molar-refractivity contribution in [3.8, 4) is 0 Å². The highest BCUT2D eigenvalue weighted by atomic mass is 32.2. The van der Waals surface area contributed by atoms with Crippen LogP contribution in [-0.2, 0) is 11.1 Å². The third-order valence-corrected chi connectivity index (χ3v) is 3.77. The van der Waals surface area contributed by atoms with Crippen molar-refractivity contribution >= 4 is 28.1 Å². The first-order chi connectivity index (χ1) is 9.15. The molecule has 100 valence electrons. The van der Waals surface area contributed by atoms with E-state index >= 15 is 0 Å². The van der Waals surface area contributed by atoms with E-state index in [0.29, 0.717) is 17.5 Å². The molecular weight excluding hydrogens is 264 g/mol. The molecule has 0 saturated heterocycles. The van der Waals surface area contributed by atoms with Crippen LogP contribution in [0.4, 0.5) is 5.95 Å². The summed E-state index contributed by atoms with van der Waals surface area (Å²) in [6.45, 7) is 1.40. The average Bonchev–Trinajstić information content (AvgIpc) is 2.82. The van der Waals surface area contributed by atoms with Crippen LogP contribution in [0.2, 0.25) is 0 Å². The van der Waals surface area contributed by atoms with Gasteiger partial charge in [0.25, 0.3) is 0 Å². The molecule has 0 fully saturated rings. The molecule has 0 aliphatic carbocycles. The summed E-state index contributed by atoms with van der Waals surface area (Å²) < 4.78 is 20.8. The monoisotopic (exact) mass is 278 g/mol. The Morgan fingerprint density at radius 3 is 2.89 bits per heavy atom. The van der Waals surface area contributed by atoms with E-state index in [-0.39, 0.29) is 0 Å². The molecule has 1 aromatic heterocycles. The number of rotatable bonds is 2. The van der Waals surface area contributed by atoms with Crippen molar-refractivity contribution in [2.75, 3.05) is 25.0 Å². The highest BCUT2D eigenvalue weighted by Crippen LogP contribution is 2.23. The number of benzene rings is 1. The molecule has 6 nitrogen and oxygen atoms in total. The maximum absolute atomic E-state index is 11.4. The normalized spacial score (nSPS) is 17.7. The third kappa shape index (κ3) is 2.22. The standard InChI is InChI=1S/C12H14N4O2S/c1-15-6-7-16(11(8-15)19(17)18)12-13-9-4-2-3-5-10(9)14-12/h2-5,8H,6-7H2,1H3,(H,13,14)(H,17,18). The Bertz CT molecular complexity index is 634. The summed E-state index contributed by atoms with van der Waals surface area (Å²) in [4.78, 5) is 11.3. The van der Waals surface area contributed by atoms with Gasteiger partial charge < -0.3 is 14.4 Å². The average molecular weight is 278 g/mol. The third-order valence-electron chi connectivity index (χ3n) is 3.08. The molecule has 19 heavy (non-hydrogen) atoms. The van der Waals surface area contributed by atoms with Crippen LogP contribution in [-0.4, -0.2) is 43.8 Å². The molecule has 1 aliphatic rings. The van der Waals surface area contributed by atoms with Gasteiger partial charge in [-0.2, -0.15) is 0 Å². The summed E-state index contributed by atoms with van der Waals surface area (Å²) in [6.07, 6.45) is 1.67. The zero-order chi connectivity index (χ0) is 13.4. The predicted molar refractivity (Wildman–Crippen MR) is 74.9 cm³/mol. The van der Waals surface area contributed by atoms with Gasteiger partial charge in [-0.25, -0.2) is 9.19 Å². The number of hydrogen-bond donors (Lipinski definition) is 2. The molecule has 7 heteroatoms. The van der Waals surface area contributed by atoms with Gasteiger partial charge in [-0.3, -0.25) is 4.90 Å². The summed E-state index contributed by atoms with van der Waals surface area (Å²) in [5.41, 5.74) is 1.76. The van der Waals surface area contributed by atoms with Gasteiger partial charge in [-0.15, -0.1) is 0 Å². The highest BCUT2D eigenvalue weighted by Gasteiger charge is 2.24. The molecular formula is C12H14N4O2S. The minimum Gasteiger partial charge on any atom is -0.376 e. The van der Waals surface area contributed by atoms with Gasteiger partial charge >= 0.3 is 0 Å². The zero-order valence-corrected chi connectivity index (χ0v) is 11.2. The first kappa shape index (κ1) is 12.2. The molecule has 1 aliphatic heterocycles. The van der Waals surface area contributed by atoms with Crippen molar-refractivity contribution < 1.29 is 8.76 Å². The van der Waals surface area contributed by atoms with Crippen LogP contribution < -0.4 is 4.90 Å². The fourth-order valence-electron chi connectivity index (χ4n) is 2.11. The van der Waals surface area contributed by atoms with Gasteiger partial charge in [0.15, 0.2) is 5.03 Å². The number of anilines is 1. The van der Waals surface area contributed by atoms with Crippen molar-refractivity contribution in [3.05, 3.63) is 35.5 Å². The van der Waals surface area contributed by atoms with Crippen LogP contribution in [0.1, 0.15) is 0 Å². The van der Waals surface area contributed by atoms with Crippen LogP contribution in [0.3, 0.4) is 0 Å². The Kier molecular flexibility index (Phi) is 3.00. The van der Waals surface area contributed by atoms with Crippen LogP contribution in [0, 0.1) is 0 Å². The van der Waals surface area contributed by atoms with Crippen molar-refractivity contribution in [3.63, 3.8) is 0 Å². The van der Waals surface area contributed by atoms with Crippen LogP contribution in [0.15, 0.2) is 35.5 Å². The Labute approximate surface area is 113 Å². The lowest BCUT2D eigenvalue weighted by molar-refractivity contribution is 0.439. The number of hydrogen-bond acceptors (Lipinski definition) is 4. The number of aromatic nitrogens is 2. The van der Waals surface area contributed by atoms with Gasteiger partial charge in [0, 0.05) is 26.3 Å². The van der Waals surface area contributed by atoms with E-state index in [1.165, 1.54) is 0 Å². The number of fused-ring (bicyclic) bond motifs is 1. The number of nitrogens with zero attached hydrogens (tertiary/aromatic N) is 3. The van der Waals surface area contributed by atoms with E-state index in [2.05, 4.69) is 9.97 Å². The van der Waals surface area contributed by atoms with Gasteiger partial charge in [0.2, 0.25) is 17.0 Å². The van der Waals surface area contributed by atoms with Gasteiger partial charge in [-0.05, 0) is 12.1 Å². The van der Waals surface area contributed by atoms with E-state index in [0.717, 1.165) is 17.6 Å². The Morgan fingerprint density at radius 2 is 2.16 bits per heavy atom. The fourth-order valence-corrected chi connectivity index (χ4v) is 2.74. The summed E-state index contributed by atoms with van der Waals surface area (Å²) in [6, 6.07) is 7.68. The molecule has 0 radical (unpaired) electrons. The maximum atomic E-state index is 11.4. The minimum absolute atomic E-state index is 0.341. The predicted octanol–water partition coefficient (Wildman–Crippen LogP) is 1.34. The molecule has 2 heterocycles. The van der Waals surface area contributed by atoms with Gasteiger partial charge in [0.05, 0.1) is 11.0 Å². The lowest BCUT2D eigenvalue weighted by Gasteiger charge is -2.30. The first-order valence-electron chi connectivity index (χ1n) is 5.90. The molecule has 2 aromatic rings. The summed E-state index contributed by atoms with van der Waals surface area (Å²) in [5, 5.41) is 0.341. The summed E-state index contributed by atoms with van der Waals surface area (Å²) in [5.74, 6) is 0.600. The van der Waals surface area contributed by atoms with E-state index in [1.807, 2.05) is 36.2 Å². The molecule has 0 amide bonds. The van der Waals surface area contributed by atoms with E-state index < -0.39 is 11.1 Å². The number of aromatic amines is 1. The van der Waals surface area contributed by atoms with Crippen molar-refractivity contribution in [2.24, 2.45) is 0 Å². The van der Waals surface area contributed by atoms with Crippen molar-refractivity contribution in [2.45, 2.75) is 0 Å². The molecule has 0 spiro atoms. The lowest BCUT2D eigenvalue weighted by Crippen LogP contribution is -2.38. The van der Waals surface area contributed by atoms with Crippen LogP contribution in [0.5, 0.6) is 0 Å². The van der Waals surface area contributed by atoms with E-state index in [9.17, 15) is 8.76 Å². The number of likely N-dealkylation sites (N-methyl/N-ethyl adjacent to an activating group) is 1.